The van der Waals surface area contributed by atoms with Crippen LogP contribution in [-0.2, 0) is 21.7 Å². The highest BCUT2D eigenvalue weighted by Gasteiger charge is 2.49. The lowest BCUT2D eigenvalue weighted by Crippen LogP contribution is -2.64. The lowest BCUT2D eigenvalue weighted by molar-refractivity contribution is 0.464. The van der Waals surface area contributed by atoms with Crippen molar-refractivity contribution in [2.24, 2.45) is 0 Å². The first-order chi connectivity index (χ1) is 39.8. The molecule has 6 aliphatic rings. The number of nitrogens with one attached hydrogen (secondary N) is 1. The Morgan fingerprint density at radius 3 is 1.61 bits per heavy atom. The van der Waals surface area contributed by atoms with E-state index in [1.165, 1.54) is 122 Å². The maximum atomic E-state index is 7.32. The normalized spacial score (nSPS) is 14.9. The van der Waals surface area contributed by atoms with Gasteiger partial charge in [-0.1, -0.05) is 132 Å². The Morgan fingerprint density at radius 1 is 0.393 bits per heavy atom. The predicted molar refractivity (Wildman–Crippen MR) is 363 cm³/mol. The number of hydrogen-bond acceptors (Lipinski definition) is 6. The summed E-state index contributed by atoms with van der Waals surface area (Å²) < 4.78 is 19.7. The summed E-state index contributed by atoms with van der Waals surface area (Å²) in [6.45, 7) is 34.4. The van der Waals surface area contributed by atoms with Gasteiger partial charge in [-0.2, -0.15) is 0 Å². The van der Waals surface area contributed by atoms with Crippen LogP contribution >= 0.6 is 11.9 Å². The van der Waals surface area contributed by atoms with Gasteiger partial charge in [-0.3, -0.25) is 4.31 Å². The highest BCUT2D eigenvalue weighted by atomic mass is 32.2. The minimum atomic E-state index is -0.173. The van der Waals surface area contributed by atoms with Gasteiger partial charge < -0.3 is 24.3 Å². The Morgan fingerprint density at radius 2 is 0.929 bits per heavy atom. The van der Waals surface area contributed by atoms with Crippen molar-refractivity contribution in [2.45, 2.75) is 126 Å². The molecule has 16 rings (SSSR count). The van der Waals surface area contributed by atoms with Gasteiger partial charge in [0.1, 0.15) is 23.0 Å². The zero-order chi connectivity index (χ0) is 58.3. The van der Waals surface area contributed by atoms with Crippen LogP contribution in [0.1, 0.15) is 122 Å². The van der Waals surface area contributed by atoms with Gasteiger partial charge in [0.25, 0.3) is 20.1 Å². The molecule has 0 saturated carbocycles. The number of rotatable bonds is 2. The fourth-order valence-corrected chi connectivity index (χ4v) is 15.9. The Balaban J connectivity index is 0.940. The molecule has 1 N–H and O–H groups in total. The quantitative estimate of drug-likeness (QED) is 0.137. The lowest BCUT2D eigenvalue weighted by Gasteiger charge is -2.45. The van der Waals surface area contributed by atoms with Gasteiger partial charge in [-0.25, -0.2) is 0 Å². The number of nitrogens with zero attached hydrogens (tertiary/aromatic N) is 3. The average Bonchev–Trinajstić information content (AvgIpc) is 1.22. The molecule has 0 amide bonds. The summed E-state index contributed by atoms with van der Waals surface area (Å²) in [4.78, 5) is 2.54. The van der Waals surface area contributed by atoms with Crippen LogP contribution in [0.4, 0.5) is 39.8 Å². The number of anilines is 7. The Kier molecular flexibility index (Phi) is 10.5. The lowest BCUT2D eigenvalue weighted by atomic mass is 9.29. The van der Waals surface area contributed by atoms with Gasteiger partial charge in [0, 0.05) is 74.3 Å². The third kappa shape index (κ3) is 7.28. The van der Waals surface area contributed by atoms with Gasteiger partial charge in [0.05, 0.1) is 16.9 Å². The van der Waals surface area contributed by atoms with E-state index in [-0.39, 0.29) is 41.8 Å². The van der Waals surface area contributed by atoms with Crippen molar-refractivity contribution in [3.05, 3.63) is 172 Å². The van der Waals surface area contributed by atoms with Crippen molar-refractivity contribution >= 4 is 143 Å². The van der Waals surface area contributed by atoms with Gasteiger partial charge >= 0.3 is 0 Å². The van der Waals surface area contributed by atoms with Crippen LogP contribution < -0.4 is 73.2 Å². The minimum absolute atomic E-state index is 0.00181. The highest BCUT2D eigenvalue weighted by Crippen LogP contribution is 2.48. The van der Waals surface area contributed by atoms with E-state index in [9.17, 15) is 0 Å². The number of hydrogen-bond donors (Lipinski definition) is 1. The van der Waals surface area contributed by atoms with Crippen molar-refractivity contribution in [2.75, 3.05) is 20.8 Å². The molecule has 7 heterocycles. The standard InChI is InChI=1S/C74H71B3N4O2S/c1-39-25-56-67-60(26-39)80-57-23-19-43(72(7,8)9)31-47(57)48-32-45(74(13,14)15)34-54(70(48)80)75(67)49-35-52-63(37-55(49)78-56)82-65-29-41(3)30-66-69(65)77(52)53-36-51-59(38-64(53)83-66)81(84-16)62-28-40(2)27-61-68(62)76(51)50-33-44(73(10,11)12)20-24-58(50)79(61)46-21-17-42(18-22-46)71(4,5)6/h17-38,78H,1-16H3. The monoisotopic (exact) mass is 1110 g/mol. The molecule has 0 spiro atoms. The first-order valence-electron chi connectivity index (χ1n) is 30.3. The van der Waals surface area contributed by atoms with E-state index in [1.807, 2.05) is 0 Å². The van der Waals surface area contributed by atoms with Crippen LogP contribution in [0.25, 0.3) is 27.5 Å². The maximum absolute atomic E-state index is 7.32. The topological polar surface area (TPSA) is 41.9 Å². The molecule has 0 saturated heterocycles. The fourth-order valence-electron chi connectivity index (χ4n) is 15.2. The molecule has 1 aromatic heterocycles. The SMILES string of the molecule is CSN1c2cc3c(cc2B2c4cc(C(C)(C)C)ccc4N(c4ccc(C(C)(C)C)cc4)c4cc(C)cc1c42)B1c2cc4c(cc2Oc2cc(C)cc(c21)O3)Nc1cc(C)cc2c1B4c1cc(C(C)(C)C)cc3c4cc(C(C)(C)C)ccc4n-2c13. The summed E-state index contributed by atoms with van der Waals surface area (Å²) in [6, 6.07) is 52.7. The summed E-state index contributed by atoms with van der Waals surface area (Å²) in [7, 11) is 0. The van der Waals surface area contributed by atoms with Crippen LogP contribution in [0.3, 0.4) is 0 Å². The number of fused-ring (bicyclic) bond motifs is 15. The Hall–Kier alpha value is -7.68. The van der Waals surface area contributed by atoms with Crippen LogP contribution in [0.15, 0.2) is 133 Å². The molecule has 84 heavy (non-hydrogen) atoms. The van der Waals surface area contributed by atoms with Crippen molar-refractivity contribution in [3.63, 3.8) is 0 Å². The summed E-state index contributed by atoms with van der Waals surface area (Å²) in [5, 5.41) is 6.71. The molecule has 414 valence electrons. The molecule has 6 nitrogen and oxygen atoms in total. The smallest absolute Gasteiger partial charge is 0.260 e. The molecule has 9 aromatic carbocycles. The molecular weight excluding hydrogens is 1040 g/mol. The van der Waals surface area contributed by atoms with Crippen molar-refractivity contribution < 1.29 is 9.47 Å². The molecule has 0 aliphatic carbocycles. The van der Waals surface area contributed by atoms with Gasteiger partial charge in [0.2, 0.25) is 0 Å². The zero-order valence-corrected chi connectivity index (χ0v) is 52.3. The Labute approximate surface area is 501 Å². The van der Waals surface area contributed by atoms with Crippen LogP contribution in [-0.4, -0.2) is 31.0 Å². The van der Waals surface area contributed by atoms with E-state index in [0.717, 1.165) is 56.5 Å². The molecule has 6 aliphatic heterocycles. The number of ether oxygens (including phenoxy) is 2. The van der Waals surface area contributed by atoms with Crippen LogP contribution in [0.2, 0.25) is 0 Å². The van der Waals surface area contributed by atoms with Gasteiger partial charge in [-0.05, 0) is 210 Å². The van der Waals surface area contributed by atoms with Gasteiger partial charge in [0.15, 0.2) is 0 Å². The summed E-state index contributed by atoms with van der Waals surface area (Å²) in [5.74, 6) is 3.49. The summed E-state index contributed by atoms with van der Waals surface area (Å²) in [6.07, 6.45) is 2.22. The zero-order valence-electron chi connectivity index (χ0n) is 51.5. The predicted octanol–water partition coefficient (Wildman–Crippen LogP) is 13.5. The van der Waals surface area contributed by atoms with Crippen molar-refractivity contribution in [1.29, 1.82) is 0 Å². The number of aromatic nitrogens is 1. The van der Waals surface area contributed by atoms with Crippen LogP contribution in [0.5, 0.6) is 23.0 Å². The van der Waals surface area contributed by atoms with E-state index < -0.39 is 0 Å². The van der Waals surface area contributed by atoms with Crippen molar-refractivity contribution in [3.8, 4) is 28.7 Å². The molecular formula is C74H71B3N4O2S. The second-order valence-corrected chi connectivity index (χ2v) is 30.1. The molecule has 10 aromatic rings. The first-order valence-corrected chi connectivity index (χ1v) is 31.5. The third-order valence-corrected chi connectivity index (χ3v) is 20.2. The van der Waals surface area contributed by atoms with Crippen molar-refractivity contribution in [1.82, 2.24) is 4.57 Å². The molecule has 0 bridgehead atoms. The summed E-state index contributed by atoms with van der Waals surface area (Å²) >= 11 is 1.77. The van der Waals surface area contributed by atoms with E-state index in [0.29, 0.717) is 0 Å². The van der Waals surface area contributed by atoms with Gasteiger partial charge in [-0.15, -0.1) is 0 Å². The van der Waals surface area contributed by atoms with E-state index in [1.54, 1.807) is 11.9 Å². The highest BCUT2D eigenvalue weighted by molar-refractivity contribution is 8.00. The fraction of sp³-hybridized carbons (Fsp3) is 0.270. The second-order valence-electron chi connectivity index (χ2n) is 29.4. The average molecular weight is 1110 g/mol. The molecule has 0 radical (unpaired) electrons. The van der Waals surface area contributed by atoms with E-state index in [4.69, 9.17) is 9.47 Å². The molecule has 0 fully saturated rings. The van der Waals surface area contributed by atoms with E-state index in [2.05, 4.69) is 263 Å². The van der Waals surface area contributed by atoms with E-state index >= 15 is 0 Å². The number of benzene rings is 9. The minimum Gasteiger partial charge on any atom is -0.458 e. The largest absolute Gasteiger partial charge is 0.458 e. The number of aryl methyl sites for hydroxylation is 3. The third-order valence-electron chi connectivity index (χ3n) is 19.5. The second kappa shape index (κ2) is 17.0. The maximum Gasteiger partial charge on any atom is 0.260 e. The first kappa shape index (κ1) is 51.9. The molecule has 0 unspecified atom stereocenters. The molecule has 10 heteroatoms. The Bertz CT molecular complexity index is 4630. The summed E-state index contributed by atoms with van der Waals surface area (Å²) in [5.41, 5.74) is 32.2. The van der Waals surface area contributed by atoms with Crippen LogP contribution in [0, 0.1) is 20.8 Å². The molecule has 0 atom stereocenters.